The van der Waals surface area contributed by atoms with Crippen molar-refractivity contribution in [1.29, 1.82) is 0 Å². The third-order valence-electron chi connectivity index (χ3n) is 6.18. The van der Waals surface area contributed by atoms with E-state index in [0.717, 1.165) is 59.5 Å². The van der Waals surface area contributed by atoms with E-state index in [2.05, 4.69) is 36.9 Å². The number of fused-ring (bicyclic) bond motifs is 1. The lowest BCUT2D eigenvalue weighted by Gasteiger charge is -2.31. The molecule has 3 aromatic rings. The Hall–Kier alpha value is -2.61. The predicted molar refractivity (Wildman–Crippen MR) is 125 cm³/mol. The van der Waals surface area contributed by atoms with Crippen LogP contribution in [0.2, 0.25) is 0 Å². The fourth-order valence-electron chi connectivity index (χ4n) is 4.08. The minimum atomic E-state index is -0.289. The smallest absolute Gasteiger partial charge is 0.237 e. The molecule has 1 aromatic carbocycles. The summed E-state index contributed by atoms with van der Waals surface area (Å²) in [5, 5.41) is 13.6. The van der Waals surface area contributed by atoms with Crippen LogP contribution in [-0.2, 0) is 4.79 Å². The molecular formula is C23H28N6OS. The van der Waals surface area contributed by atoms with E-state index in [0.29, 0.717) is 6.04 Å². The molecule has 1 N–H and O–H groups in total. The molecule has 7 nitrogen and oxygen atoms in total. The lowest BCUT2D eigenvalue weighted by atomic mass is 10.00. The largest absolute Gasteiger partial charge is 0.341 e. The van der Waals surface area contributed by atoms with Crippen LogP contribution < -0.4 is 10.2 Å². The standard InChI is InChI=1S/C23H28N6OS/c1-15-10-13-28(14-11-15)22-26-27-23(29(22)17-8-9-17)31-16(2)21(30)25-20-7-3-6-19-18(20)5-4-12-24-19/h3-7,12,15-17H,8-11,13-14H2,1-2H3,(H,25,30). The van der Waals surface area contributed by atoms with Crippen LogP contribution in [0, 0.1) is 5.92 Å². The summed E-state index contributed by atoms with van der Waals surface area (Å²) in [6, 6.07) is 10.1. The lowest BCUT2D eigenvalue weighted by molar-refractivity contribution is -0.115. The van der Waals surface area contributed by atoms with Crippen LogP contribution in [-0.4, -0.2) is 44.0 Å². The molecule has 8 heteroatoms. The summed E-state index contributed by atoms with van der Waals surface area (Å²) in [5.41, 5.74) is 1.66. The number of carbonyl (C=O) groups is 1. The van der Waals surface area contributed by atoms with Gasteiger partial charge < -0.3 is 10.2 Å². The van der Waals surface area contributed by atoms with E-state index in [-0.39, 0.29) is 11.2 Å². The Labute approximate surface area is 186 Å². The number of carbonyl (C=O) groups excluding carboxylic acids is 1. The normalized spacial score (nSPS) is 18.3. The summed E-state index contributed by atoms with van der Waals surface area (Å²) < 4.78 is 2.27. The molecule has 1 saturated carbocycles. The van der Waals surface area contributed by atoms with Gasteiger partial charge in [-0.25, -0.2) is 0 Å². The second-order valence-electron chi connectivity index (χ2n) is 8.68. The van der Waals surface area contributed by atoms with Crippen molar-refractivity contribution < 1.29 is 4.79 Å². The molecule has 1 atom stereocenters. The van der Waals surface area contributed by atoms with E-state index in [1.165, 1.54) is 24.6 Å². The van der Waals surface area contributed by atoms with Crippen molar-refractivity contribution in [2.45, 2.75) is 56.0 Å². The molecular weight excluding hydrogens is 408 g/mol. The summed E-state index contributed by atoms with van der Waals surface area (Å²) in [7, 11) is 0. The molecule has 5 rings (SSSR count). The number of thioether (sulfide) groups is 1. The highest BCUT2D eigenvalue weighted by molar-refractivity contribution is 8.00. The number of aromatic nitrogens is 4. The summed E-state index contributed by atoms with van der Waals surface area (Å²) >= 11 is 1.49. The molecule has 1 unspecified atom stereocenters. The monoisotopic (exact) mass is 436 g/mol. The number of rotatable bonds is 6. The zero-order valence-corrected chi connectivity index (χ0v) is 18.8. The van der Waals surface area contributed by atoms with Crippen LogP contribution in [0.15, 0.2) is 41.7 Å². The summed E-state index contributed by atoms with van der Waals surface area (Å²) in [6.45, 7) is 6.30. The van der Waals surface area contributed by atoms with E-state index < -0.39 is 0 Å². The van der Waals surface area contributed by atoms with Crippen molar-refractivity contribution in [3.8, 4) is 0 Å². The summed E-state index contributed by atoms with van der Waals surface area (Å²) in [5.74, 6) is 1.71. The average molecular weight is 437 g/mol. The summed E-state index contributed by atoms with van der Waals surface area (Å²) in [4.78, 5) is 19.7. The topological polar surface area (TPSA) is 75.9 Å². The van der Waals surface area contributed by atoms with Gasteiger partial charge in [-0.1, -0.05) is 24.8 Å². The Morgan fingerprint density at radius 2 is 1.94 bits per heavy atom. The van der Waals surface area contributed by atoms with Gasteiger partial charge in [-0.3, -0.25) is 14.3 Å². The first-order valence-electron chi connectivity index (χ1n) is 11.1. The van der Waals surface area contributed by atoms with Crippen molar-refractivity contribution in [2.75, 3.05) is 23.3 Å². The number of piperidine rings is 1. The maximum Gasteiger partial charge on any atom is 0.237 e. The van der Waals surface area contributed by atoms with Gasteiger partial charge in [0, 0.05) is 30.7 Å². The maximum atomic E-state index is 13.0. The van der Waals surface area contributed by atoms with E-state index in [1.54, 1.807) is 6.20 Å². The molecule has 0 spiro atoms. The van der Waals surface area contributed by atoms with Gasteiger partial charge >= 0.3 is 0 Å². The van der Waals surface area contributed by atoms with E-state index in [1.807, 2.05) is 37.3 Å². The average Bonchev–Trinajstić information content (AvgIpc) is 3.54. The van der Waals surface area contributed by atoms with Gasteiger partial charge in [0.05, 0.1) is 16.5 Å². The number of anilines is 2. The van der Waals surface area contributed by atoms with Crippen molar-refractivity contribution >= 4 is 40.2 Å². The Bertz CT molecular complexity index is 1080. The molecule has 0 radical (unpaired) electrons. The van der Waals surface area contributed by atoms with Crippen LogP contribution in [0.25, 0.3) is 10.9 Å². The molecule has 1 aliphatic heterocycles. The van der Waals surface area contributed by atoms with Crippen molar-refractivity contribution in [1.82, 2.24) is 19.7 Å². The van der Waals surface area contributed by atoms with E-state index in [4.69, 9.17) is 0 Å². The first kappa shape index (κ1) is 20.3. The lowest BCUT2D eigenvalue weighted by Crippen LogP contribution is -2.34. The SMILES string of the molecule is CC1CCN(c2nnc(SC(C)C(=O)Nc3cccc4ncccc34)n2C2CC2)CC1. The quantitative estimate of drug-likeness (QED) is 0.573. The van der Waals surface area contributed by atoms with Crippen molar-refractivity contribution in [3.05, 3.63) is 36.5 Å². The third kappa shape index (κ3) is 4.26. The predicted octanol–water partition coefficient (Wildman–Crippen LogP) is 4.52. The Morgan fingerprint density at radius 3 is 2.71 bits per heavy atom. The highest BCUT2D eigenvalue weighted by Crippen LogP contribution is 2.42. The number of nitrogens with zero attached hydrogens (tertiary/aromatic N) is 5. The van der Waals surface area contributed by atoms with Gasteiger partial charge in [0.25, 0.3) is 0 Å². The number of pyridine rings is 1. The van der Waals surface area contributed by atoms with Crippen molar-refractivity contribution in [3.63, 3.8) is 0 Å². The number of nitrogens with one attached hydrogen (secondary N) is 1. The molecule has 31 heavy (non-hydrogen) atoms. The molecule has 2 aromatic heterocycles. The zero-order chi connectivity index (χ0) is 21.4. The zero-order valence-electron chi connectivity index (χ0n) is 18.0. The second-order valence-corrected chi connectivity index (χ2v) is 9.99. The first-order chi connectivity index (χ1) is 15.1. The molecule has 1 amide bonds. The van der Waals surface area contributed by atoms with Gasteiger partial charge in [0.1, 0.15) is 0 Å². The minimum absolute atomic E-state index is 0.0416. The molecule has 1 aliphatic carbocycles. The maximum absolute atomic E-state index is 13.0. The highest BCUT2D eigenvalue weighted by atomic mass is 32.2. The highest BCUT2D eigenvalue weighted by Gasteiger charge is 2.33. The van der Waals surface area contributed by atoms with Crippen LogP contribution in [0.3, 0.4) is 0 Å². The fraction of sp³-hybridized carbons (Fsp3) is 0.478. The van der Waals surface area contributed by atoms with Gasteiger partial charge in [-0.05, 0) is 62.8 Å². The Balaban J connectivity index is 1.32. The van der Waals surface area contributed by atoms with Crippen LogP contribution >= 0.6 is 11.8 Å². The van der Waals surface area contributed by atoms with Gasteiger partial charge in [0.2, 0.25) is 11.9 Å². The first-order valence-corrected chi connectivity index (χ1v) is 12.0. The molecule has 162 valence electrons. The number of hydrogen-bond acceptors (Lipinski definition) is 6. The molecule has 0 bridgehead atoms. The number of hydrogen-bond donors (Lipinski definition) is 1. The summed E-state index contributed by atoms with van der Waals surface area (Å²) in [6.07, 6.45) is 6.47. The van der Waals surface area contributed by atoms with Gasteiger partial charge in [-0.2, -0.15) is 0 Å². The molecule has 3 heterocycles. The third-order valence-corrected chi connectivity index (χ3v) is 7.24. The van der Waals surface area contributed by atoms with E-state index >= 15 is 0 Å². The Morgan fingerprint density at radius 1 is 1.13 bits per heavy atom. The van der Waals surface area contributed by atoms with E-state index in [9.17, 15) is 4.79 Å². The minimum Gasteiger partial charge on any atom is -0.341 e. The fourth-order valence-corrected chi connectivity index (χ4v) is 5.00. The molecule has 2 aliphatic rings. The second kappa shape index (κ2) is 8.49. The Kier molecular flexibility index (Phi) is 5.56. The van der Waals surface area contributed by atoms with Crippen LogP contribution in [0.4, 0.5) is 11.6 Å². The van der Waals surface area contributed by atoms with Gasteiger partial charge in [0.15, 0.2) is 5.16 Å². The van der Waals surface area contributed by atoms with Crippen LogP contribution in [0.5, 0.6) is 0 Å². The van der Waals surface area contributed by atoms with Crippen LogP contribution in [0.1, 0.15) is 45.6 Å². The number of amides is 1. The molecule has 2 fully saturated rings. The number of benzene rings is 1. The van der Waals surface area contributed by atoms with Crippen molar-refractivity contribution in [2.24, 2.45) is 5.92 Å². The van der Waals surface area contributed by atoms with Gasteiger partial charge in [-0.15, -0.1) is 10.2 Å². The molecule has 1 saturated heterocycles.